The van der Waals surface area contributed by atoms with E-state index < -0.39 is 11.9 Å². The van der Waals surface area contributed by atoms with Gasteiger partial charge in [-0.05, 0) is 18.1 Å². The monoisotopic (exact) mass is 378 g/mol. The molecular weight excluding hydrogens is 352 g/mol. The highest BCUT2D eigenvalue weighted by Gasteiger charge is 2.25. The molecule has 28 heavy (non-hydrogen) atoms. The molecule has 146 valence electrons. The Labute approximate surface area is 165 Å². The summed E-state index contributed by atoms with van der Waals surface area (Å²) in [5.41, 5.74) is 1.64. The molecule has 1 fully saturated rings. The van der Waals surface area contributed by atoms with E-state index in [0.29, 0.717) is 16.7 Å². The molecule has 2 heterocycles. The highest BCUT2D eigenvalue weighted by Crippen LogP contribution is 2.18. The van der Waals surface area contributed by atoms with E-state index in [9.17, 15) is 14.7 Å². The number of carboxylic acids is 1. The van der Waals surface area contributed by atoms with Crippen LogP contribution in [0.5, 0.6) is 0 Å². The lowest BCUT2D eigenvalue weighted by Crippen LogP contribution is -2.33. The number of carboxylic acid groups (broad SMARTS) is 1. The highest BCUT2D eigenvalue weighted by atomic mass is 16.4. The van der Waals surface area contributed by atoms with Gasteiger partial charge in [-0.1, -0.05) is 55.5 Å². The molecule has 2 aliphatic heterocycles. The molecule has 1 unspecified atom stereocenters. The molecule has 2 aromatic carbocycles. The van der Waals surface area contributed by atoms with Gasteiger partial charge in [0.2, 0.25) is 0 Å². The second-order valence-electron chi connectivity index (χ2n) is 7.16. The van der Waals surface area contributed by atoms with Gasteiger partial charge in [0, 0.05) is 35.9 Å². The van der Waals surface area contributed by atoms with Crippen molar-refractivity contribution in [3.63, 3.8) is 0 Å². The molecule has 5 nitrogen and oxygen atoms in total. The van der Waals surface area contributed by atoms with Crippen molar-refractivity contribution in [2.24, 2.45) is 0 Å². The van der Waals surface area contributed by atoms with Crippen LogP contribution in [0.1, 0.15) is 53.6 Å². The third kappa shape index (κ3) is 4.85. The second kappa shape index (κ2) is 9.31. The Morgan fingerprint density at radius 3 is 2.43 bits per heavy atom. The molecule has 0 radical (unpaired) electrons. The van der Waals surface area contributed by atoms with Gasteiger partial charge in [0.05, 0.1) is 13.1 Å². The van der Waals surface area contributed by atoms with Crippen LogP contribution in [-0.4, -0.2) is 47.3 Å². The second-order valence-corrected chi connectivity index (χ2v) is 7.16. The summed E-state index contributed by atoms with van der Waals surface area (Å²) < 4.78 is 2.38. The third-order valence-electron chi connectivity index (χ3n) is 5.17. The normalized spacial score (nSPS) is 16.3. The third-order valence-corrected chi connectivity index (χ3v) is 5.17. The lowest BCUT2D eigenvalue weighted by Gasteiger charge is -2.15. The van der Waals surface area contributed by atoms with Crippen LogP contribution in [0.15, 0.2) is 54.6 Å². The molecular formula is C23H26N2O3. The van der Waals surface area contributed by atoms with Crippen molar-refractivity contribution in [2.45, 2.75) is 32.1 Å². The number of hydrogen-bond acceptors (Lipinski definition) is 4. The van der Waals surface area contributed by atoms with Gasteiger partial charge in [0.25, 0.3) is 0 Å². The predicted octanol–water partition coefficient (Wildman–Crippen LogP) is 2.26. The van der Waals surface area contributed by atoms with E-state index in [1.807, 2.05) is 6.07 Å². The van der Waals surface area contributed by atoms with E-state index in [2.05, 4.69) is 15.9 Å². The van der Waals surface area contributed by atoms with E-state index in [-0.39, 0.29) is 5.78 Å². The van der Waals surface area contributed by atoms with E-state index in [0.717, 1.165) is 0 Å². The van der Waals surface area contributed by atoms with Crippen LogP contribution in [0.4, 0.5) is 0 Å². The lowest BCUT2D eigenvalue weighted by atomic mass is 9.96. The molecule has 1 saturated heterocycles. The first kappa shape index (κ1) is 19.8. The van der Waals surface area contributed by atoms with Crippen molar-refractivity contribution < 1.29 is 19.4 Å². The fourth-order valence-electron chi connectivity index (χ4n) is 3.49. The van der Waals surface area contributed by atoms with E-state index in [4.69, 9.17) is 0 Å². The Balaban J connectivity index is 0.000000206. The van der Waals surface area contributed by atoms with Gasteiger partial charge in [-0.15, -0.1) is 4.68 Å². The zero-order valence-corrected chi connectivity index (χ0v) is 16.2. The molecule has 5 heteroatoms. The van der Waals surface area contributed by atoms with Gasteiger partial charge in [-0.2, -0.15) is 5.01 Å². The maximum atomic E-state index is 12.2. The number of fused-ring (bicyclic) bond motifs is 1. The molecule has 4 rings (SSSR count). The van der Waals surface area contributed by atoms with Crippen molar-refractivity contribution in [1.82, 2.24) is 5.01 Å². The Morgan fingerprint density at radius 2 is 1.71 bits per heavy atom. The molecule has 0 aliphatic carbocycles. The standard InChI is InChI=1S/C16H14O3.C7H13N2/c1-11(16(18)19)13-8-5-9-14(10-13)15(17)12-6-3-2-4-7-12;1-2-5-9-7-3-6-8(9)4-1/h2-11H,1H3,(H,18,19);4H,1-3,5-7H2/q;+1/p-1. The van der Waals surface area contributed by atoms with Crippen molar-refractivity contribution in [2.75, 3.05) is 19.6 Å². The van der Waals surface area contributed by atoms with Crippen LogP contribution >= 0.6 is 0 Å². The zero-order valence-electron chi connectivity index (χ0n) is 16.2. The topological polar surface area (TPSA) is 63.4 Å². The first-order valence-electron chi connectivity index (χ1n) is 9.81. The number of hydrazone groups is 1. The number of carbonyl (C=O) groups is 2. The summed E-state index contributed by atoms with van der Waals surface area (Å²) in [4.78, 5) is 23.1. The van der Waals surface area contributed by atoms with Crippen LogP contribution in [0, 0.1) is 0 Å². The molecule has 0 N–H and O–H groups in total. The summed E-state index contributed by atoms with van der Waals surface area (Å²) in [5.74, 6) is -2.00. The minimum Gasteiger partial charge on any atom is -0.550 e. The van der Waals surface area contributed by atoms with Crippen molar-refractivity contribution in [3.05, 3.63) is 71.3 Å². The van der Waals surface area contributed by atoms with Gasteiger partial charge < -0.3 is 9.90 Å². The number of hydrogen-bond donors (Lipinski definition) is 0. The van der Waals surface area contributed by atoms with E-state index in [1.54, 1.807) is 55.5 Å². The van der Waals surface area contributed by atoms with E-state index in [1.165, 1.54) is 38.9 Å². The highest BCUT2D eigenvalue weighted by molar-refractivity contribution is 6.09. The van der Waals surface area contributed by atoms with Gasteiger partial charge in [0.1, 0.15) is 0 Å². The summed E-state index contributed by atoms with van der Waals surface area (Å²) >= 11 is 0. The van der Waals surface area contributed by atoms with Gasteiger partial charge in [0.15, 0.2) is 18.5 Å². The lowest BCUT2D eigenvalue weighted by molar-refractivity contribution is -0.667. The number of hydrazine groups is 1. The maximum Gasteiger partial charge on any atom is 0.193 e. The number of ketones is 1. The minimum absolute atomic E-state index is 0.118. The largest absolute Gasteiger partial charge is 0.550 e. The summed E-state index contributed by atoms with van der Waals surface area (Å²) in [6.45, 7) is 5.38. The average Bonchev–Trinajstić information content (AvgIpc) is 3.22. The first-order chi connectivity index (χ1) is 13.6. The van der Waals surface area contributed by atoms with Gasteiger partial charge in [-0.3, -0.25) is 4.79 Å². The number of rotatable bonds is 4. The summed E-state index contributed by atoms with van der Waals surface area (Å²) in [6.07, 6.45) is 6.33. The smallest absolute Gasteiger partial charge is 0.193 e. The summed E-state index contributed by atoms with van der Waals surface area (Å²) in [5, 5.41) is 13.3. The summed E-state index contributed by atoms with van der Waals surface area (Å²) in [7, 11) is 0. The van der Waals surface area contributed by atoms with Crippen LogP contribution in [0.25, 0.3) is 0 Å². The molecule has 0 bridgehead atoms. The molecule has 2 aromatic rings. The maximum absolute atomic E-state index is 12.2. The molecule has 0 saturated carbocycles. The number of nitrogens with zero attached hydrogens (tertiary/aromatic N) is 2. The van der Waals surface area contributed by atoms with Crippen molar-refractivity contribution in [1.29, 1.82) is 0 Å². The fraction of sp³-hybridized carbons (Fsp3) is 0.348. The molecule has 1 atom stereocenters. The summed E-state index contributed by atoms with van der Waals surface area (Å²) in [6, 6.07) is 15.5. The number of carbonyl (C=O) groups excluding carboxylic acids is 2. The average molecular weight is 378 g/mol. The molecule has 0 amide bonds. The zero-order chi connectivity index (χ0) is 19.9. The van der Waals surface area contributed by atoms with E-state index >= 15 is 0 Å². The predicted molar refractivity (Wildman–Crippen MR) is 106 cm³/mol. The fourth-order valence-corrected chi connectivity index (χ4v) is 3.49. The molecule has 0 aromatic heterocycles. The van der Waals surface area contributed by atoms with Crippen LogP contribution in [0.2, 0.25) is 0 Å². The van der Waals surface area contributed by atoms with Crippen molar-refractivity contribution >= 4 is 18.0 Å². The molecule has 0 spiro atoms. The minimum atomic E-state index is -1.15. The van der Waals surface area contributed by atoms with Gasteiger partial charge in [-0.25, -0.2) is 0 Å². The Hall–Kier alpha value is -2.95. The number of aliphatic carboxylic acids is 1. The van der Waals surface area contributed by atoms with Crippen LogP contribution in [-0.2, 0) is 4.79 Å². The van der Waals surface area contributed by atoms with Crippen molar-refractivity contribution in [3.8, 4) is 0 Å². The Morgan fingerprint density at radius 1 is 1.00 bits per heavy atom. The van der Waals surface area contributed by atoms with Crippen LogP contribution < -0.4 is 5.11 Å². The Kier molecular flexibility index (Phi) is 6.58. The molecule has 2 aliphatic rings. The van der Waals surface area contributed by atoms with Gasteiger partial charge >= 0.3 is 0 Å². The SMILES string of the molecule is C1=[N+]2CCCN2CCC1.CC(C(=O)[O-])c1cccc(C(=O)c2ccccc2)c1. The first-order valence-corrected chi connectivity index (χ1v) is 9.81. The number of benzene rings is 2. The van der Waals surface area contributed by atoms with Crippen LogP contribution in [0.3, 0.4) is 0 Å². The quantitative estimate of drug-likeness (QED) is 0.605. The Bertz CT molecular complexity index is 861.